The van der Waals surface area contributed by atoms with E-state index in [1.807, 2.05) is 13.0 Å². The van der Waals surface area contributed by atoms with Gasteiger partial charge >= 0.3 is 0 Å². The average molecular weight is 227 g/mol. The van der Waals surface area contributed by atoms with Gasteiger partial charge in [-0.25, -0.2) is 4.98 Å². The number of fused-ring (bicyclic) bond motifs is 1. The number of hydrogen-bond donors (Lipinski definition) is 1. The lowest BCUT2D eigenvalue weighted by atomic mass is 10.1. The number of benzene rings is 1. The summed E-state index contributed by atoms with van der Waals surface area (Å²) >= 11 is 11.9. The number of aryl methyl sites for hydroxylation is 1. The van der Waals surface area contributed by atoms with Gasteiger partial charge in [-0.3, -0.25) is 0 Å². The first kappa shape index (κ1) is 9.56. The Balaban J connectivity index is 3.00. The predicted octanol–water partition coefficient (Wildman–Crippen LogP) is 3.43. The van der Waals surface area contributed by atoms with Gasteiger partial charge in [0, 0.05) is 5.39 Å². The summed E-state index contributed by atoms with van der Waals surface area (Å²) in [7, 11) is 0. The van der Waals surface area contributed by atoms with E-state index in [-0.39, 0.29) is 0 Å². The minimum absolute atomic E-state index is 0.361. The molecule has 1 heterocycles. The lowest BCUT2D eigenvalue weighted by Gasteiger charge is -2.06. The topological polar surface area (TPSA) is 38.9 Å². The summed E-state index contributed by atoms with van der Waals surface area (Å²) in [6, 6.07) is 5.34. The summed E-state index contributed by atoms with van der Waals surface area (Å²) in [4.78, 5) is 4.15. The molecule has 2 N–H and O–H groups in total. The minimum atomic E-state index is 0.361. The van der Waals surface area contributed by atoms with E-state index in [0.717, 1.165) is 10.9 Å². The highest BCUT2D eigenvalue weighted by molar-refractivity contribution is 6.38. The van der Waals surface area contributed by atoms with Crippen LogP contribution in [0.25, 0.3) is 10.9 Å². The van der Waals surface area contributed by atoms with E-state index in [9.17, 15) is 0 Å². The van der Waals surface area contributed by atoms with Crippen molar-refractivity contribution >= 4 is 39.8 Å². The normalized spacial score (nSPS) is 10.8. The van der Waals surface area contributed by atoms with E-state index in [1.165, 1.54) is 0 Å². The number of aromatic nitrogens is 1. The van der Waals surface area contributed by atoms with Crippen LogP contribution < -0.4 is 5.73 Å². The largest absolute Gasteiger partial charge is 0.397 e. The third kappa shape index (κ3) is 1.41. The fourth-order valence-corrected chi connectivity index (χ4v) is 2.04. The zero-order valence-corrected chi connectivity index (χ0v) is 9.02. The molecule has 14 heavy (non-hydrogen) atoms. The lowest BCUT2D eigenvalue weighted by Crippen LogP contribution is -1.92. The Kier molecular flexibility index (Phi) is 2.25. The van der Waals surface area contributed by atoms with Crippen molar-refractivity contribution in [3.05, 3.63) is 33.9 Å². The molecule has 0 saturated carbocycles. The Morgan fingerprint density at radius 2 is 2.00 bits per heavy atom. The molecular formula is C10H8Cl2N2. The molecule has 0 fully saturated rings. The van der Waals surface area contributed by atoms with Gasteiger partial charge in [0.25, 0.3) is 0 Å². The van der Waals surface area contributed by atoms with Crippen LogP contribution in [-0.2, 0) is 0 Å². The molecule has 0 aliphatic carbocycles. The number of nitrogens with zero attached hydrogens (tertiary/aromatic N) is 1. The maximum absolute atomic E-state index is 6.06. The number of hydrogen-bond acceptors (Lipinski definition) is 2. The maximum atomic E-state index is 6.06. The van der Waals surface area contributed by atoms with Crippen molar-refractivity contribution < 1.29 is 0 Å². The molecule has 0 spiro atoms. The molecule has 4 heteroatoms. The molecule has 0 unspecified atom stereocenters. The van der Waals surface area contributed by atoms with E-state index < -0.39 is 0 Å². The van der Waals surface area contributed by atoms with Crippen LogP contribution in [0.1, 0.15) is 5.56 Å². The number of halogens is 2. The zero-order chi connectivity index (χ0) is 10.3. The van der Waals surface area contributed by atoms with E-state index >= 15 is 0 Å². The Labute approximate surface area is 91.6 Å². The van der Waals surface area contributed by atoms with Crippen molar-refractivity contribution in [1.29, 1.82) is 0 Å². The third-order valence-electron chi connectivity index (χ3n) is 2.12. The molecule has 0 amide bonds. The molecule has 2 rings (SSSR count). The van der Waals surface area contributed by atoms with E-state index in [4.69, 9.17) is 28.9 Å². The van der Waals surface area contributed by atoms with Crippen LogP contribution in [0.2, 0.25) is 10.2 Å². The van der Waals surface area contributed by atoms with Crippen LogP contribution in [0.3, 0.4) is 0 Å². The molecule has 2 aromatic rings. The SMILES string of the molecule is Cc1ccc(N)c2nc(Cl)cc(Cl)c12. The zero-order valence-electron chi connectivity index (χ0n) is 7.51. The first-order valence-corrected chi connectivity index (χ1v) is 4.86. The van der Waals surface area contributed by atoms with Gasteiger partial charge in [-0.15, -0.1) is 0 Å². The van der Waals surface area contributed by atoms with Crippen molar-refractivity contribution in [2.45, 2.75) is 6.92 Å². The van der Waals surface area contributed by atoms with Crippen LogP contribution in [0, 0.1) is 6.92 Å². The van der Waals surface area contributed by atoms with Crippen LogP contribution >= 0.6 is 23.2 Å². The van der Waals surface area contributed by atoms with Gasteiger partial charge in [-0.05, 0) is 24.6 Å². The first-order chi connectivity index (χ1) is 6.59. The minimum Gasteiger partial charge on any atom is -0.397 e. The van der Waals surface area contributed by atoms with Gasteiger partial charge in [-0.2, -0.15) is 0 Å². The van der Waals surface area contributed by atoms with Crippen molar-refractivity contribution in [1.82, 2.24) is 4.98 Å². The van der Waals surface area contributed by atoms with E-state index in [0.29, 0.717) is 21.4 Å². The van der Waals surface area contributed by atoms with Gasteiger partial charge in [0.05, 0.1) is 16.2 Å². The van der Waals surface area contributed by atoms with Crippen molar-refractivity contribution in [3.63, 3.8) is 0 Å². The Bertz CT molecular complexity index is 509. The number of nitrogen functional groups attached to an aromatic ring is 1. The Morgan fingerprint density at radius 1 is 1.29 bits per heavy atom. The van der Waals surface area contributed by atoms with Gasteiger partial charge in [0.15, 0.2) is 0 Å². The smallest absolute Gasteiger partial charge is 0.131 e. The second kappa shape index (κ2) is 3.30. The van der Waals surface area contributed by atoms with Crippen LogP contribution in [0.4, 0.5) is 5.69 Å². The molecule has 0 radical (unpaired) electrons. The predicted molar refractivity (Wildman–Crippen MR) is 60.9 cm³/mol. The van der Waals surface area contributed by atoms with Crippen molar-refractivity contribution in [2.75, 3.05) is 5.73 Å². The van der Waals surface area contributed by atoms with Crippen molar-refractivity contribution in [2.24, 2.45) is 0 Å². The number of rotatable bonds is 0. The molecule has 1 aromatic heterocycles. The van der Waals surface area contributed by atoms with Gasteiger partial charge in [-0.1, -0.05) is 29.3 Å². The summed E-state index contributed by atoms with van der Waals surface area (Å²) in [6.07, 6.45) is 0. The highest BCUT2D eigenvalue weighted by atomic mass is 35.5. The summed E-state index contributed by atoms with van der Waals surface area (Å²) in [5, 5.41) is 1.82. The summed E-state index contributed by atoms with van der Waals surface area (Å²) < 4.78 is 0. The van der Waals surface area contributed by atoms with Crippen LogP contribution in [0.5, 0.6) is 0 Å². The monoisotopic (exact) mass is 226 g/mol. The summed E-state index contributed by atoms with van der Waals surface area (Å²) in [6.45, 7) is 1.96. The first-order valence-electron chi connectivity index (χ1n) is 4.10. The van der Waals surface area contributed by atoms with E-state index in [1.54, 1.807) is 12.1 Å². The molecule has 0 bridgehead atoms. The second-order valence-electron chi connectivity index (χ2n) is 3.12. The quantitative estimate of drug-likeness (QED) is 0.553. The summed E-state index contributed by atoms with van der Waals surface area (Å²) in [5.74, 6) is 0. The summed E-state index contributed by atoms with van der Waals surface area (Å²) in [5.41, 5.74) is 8.09. The molecule has 2 nitrogen and oxygen atoms in total. The fourth-order valence-electron chi connectivity index (χ4n) is 1.45. The highest BCUT2D eigenvalue weighted by Gasteiger charge is 2.07. The van der Waals surface area contributed by atoms with E-state index in [2.05, 4.69) is 4.98 Å². The lowest BCUT2D eigenvalue weighted by molar-refractivity contribution is 1.39. The van der Waals surface area contributed by atoms with Gasteiger partial charge in [0.2, 0.25) is 0 Å². The number of pyridine rings is 1. The molecule has 0 saturated heterocycles. The van der Waals surface area contributed by atoms with Crippen LogP contribution in [-0.4, -0.2) is 4.98 Å². The fraction of sp³-hybridized carbons (Fsp3) is 0.100. The highest BCUT2D eigenvalue weighted by Crippen LogP contribution is 2.30. The standard InChI is InChI=1S/C10H8Cl2N2/c1-5-2-3-7(13)10-9(5)6(11)4-8(12)14-10/h2-4H,13H2,1H3. The third-order valence-corrected chi connectivity index (χ3v) is 2.61. The Morgan fingerprint density at radius 3 is 2.71 bits per heavy atom. The maximum Gasteiger partial charge on any atom is 0.131 e. The molecule has 1 aromatic carbocycles. The molecular weight excluding hydrogens is 219 g/mol. The molecule has 0 aliphatic rings. The van der Waals surface area contributed by atoms with Gasteiger partial charge < -0.3 is 5.73 Å². The molecule has 0 atom stereocenters. The molecule has 72 valence electrons. The van der Waals surface area contributed by atoms with Crippen LogP contribution in [0.15, 0.2) is 18.2 Å². The number of anilines is 1. The van der Waals surface area contributed by atoms with Crippen molar-refractivity contribution in [3.8, 4) is 0 Å². The second-order valence-corrected chi connectivity index (χ2v) is 3.92. The average Bonchev–Trinajstić information content (AvgIpc) is 2.10. The molecule has 0 aliphatic heterocycles. The number of nitrogens with two attached hydrogens (primary N) is 1. The Hall–Kier alpha value is -0.990. The van der Waals surface area contributed by atoms with Gasteiger partial charge in [0.1, 0.15) is 5.15 Å².